The van der Waals surface area contributed by atoms with Crippen LogP contribution in [0.4, 0.5) is 0 Å². The number of aliphatic hydroxyl groups is 2. The number of allylic oxidation sites excluding steroid dienone is 5. The van der Waals surface area contributed by atoms with E-state index in [-0.39, 0.29) is 18.5 Å². The number of esters is 1. The highest BCUT2D eigenvalue weighted by Gasteiger charge is 2.18. The maximum atomic E-state index is 12.5. The summed E-state index contributed by atoms with van der Waals surface area (Å²) in [7, 11) is 0. The SMILES string of the molecule is CCCCCCCCCCCCCCCC/C=C/C(O)C(CO)NC(=O)CCCCCCCCCCC/C=C\C/C=C\CCCCCCCCCCCOC(=O)CCCCCCCCCCCCC. The molecule has 0 heterocycles. The van der Waals surface area contributed by atoms with Gasteiger partial charge in [-0.1, -0.05) is 288 Å². The van der Waals surface area contributed by atoms with Crippen molar-refractivity contribution < 1.29 is 24.5 Å². The summed E-state index contributed by atoms with van der Waals surface area (Å²) < 4.78 is 5.46. The van der Waals surface area contributed by atoms with Crippen LogP contribution in [0.15, 0.2) is 36.5 Å². The van der Waals surface area contributed by atoms with Gasteiger partial charge in [0.2, 0.25) is 5.91 Å². The third-order valence-corrected chi connectivity index (χ3v) is 14.2. The Kier molecular flexibility index (Phi) is 57.0. The lowest BCUT2D eigenvalue weighted by Crippen LogP contribution is -2.45. The average Bonchev–Trinajstić information content (AvgIpc) is 3.35. The van der Waals surface area contributed by atoms with Gasteiger partial charge in [0.1, 0.15) is 0 Å². The first-order valence-electron chi connectivity index (χ1n) is 30.8. The fourth-order valence-electron chi connectivity index (χ4n) is 9.43. The molecule has 0 spiro atoms. The number of carbonyl (C=O) groups excluding carboxylic acids is 2. The molecule has 0 rings (SSSR count). The van der Waals surface area contributed by atoms with Crippen LogP contribution < -0.4 is 5.32 Å². The molecule has 1 amide bonds. The van der Waals surface area contributed by atoms with Crippen LogP contribution in [-0.4, -0.2) is 47.4 Å². The molecule has 0 fully saturated rings. The molecule has 2 atom stereocenters. The Labute approximate surface area is 430 Å². The van der Waals surface area contributed by atoms with Gasteiger partial charge in [-0.15, -0.1) is 0 Å². The molecule has 0 aromatic rings. The lowest BCUT2D eigenvalue weighted by atomic mass is 10.0. The van der Waals surface area contributed by atoms with Crippen molar-refractivity contribution in [2.75, 3.05) is 13.2 Å². The molecule has 406 valence electrons. The zero-order valence-corrected chi connectivity index (χ0v) is 46.3. The van der Waals surface area contributed by atoms with Crippen molar-refractivity contribution in [3.63, 3.8) is 0 Å². The molecule has 0 aliphatic carbocycles. The zero-order chi connectivity index (χ0) is 50.0. The molecule has 69 heavy (non-hydrogen) atoms. The molecule has 6 heteroatoms. The lowest BCUT2D eigenvalue weighted by molar-refractivity contribution is -0.143. The molecule has 0 aliphatic heterocycles. The second-order valence-corrected chi connectivity index (χ2v) is 21.0. The van der Waals surface area contributed by atoms with Crippen LogP contribution in [0.25, 0.3) is 0 Å². The molecule has 6 nitrogen and oxygen atoms in total. The van der Waals surface area contributed by atoms with Gasteiger partial charge in [0.25, 0.3) is 0 Å². The number of amides is 1. The summed E-state index contributed by atoms with van der Waals surface area (Å²) in [4.78, 5) is 24.5. The van der Waals surface area contributed by atoms with Crippen LogP contribution in [0.1, 0.15) is 328 Å². The monoisotopic (exact) mass is 970 g/mol. The van der Waals surface area contributed by atoms with Gasteiger partial charge in [0, 0.05) is 12.8 Å². The lowest BCUT2D eigenvalue weighted by Gasteiger charge is -2.20. The second-order valence-electron chi connectivity index (χ2n) is 21.0. The Morgan fingerprint density at radius 3 is 1.10 bits per heavy atom. The Bertz CT molecular complexity index is 1120. The van der Waals surface area contributed by atoms with Crippen LogP contribution in [0.2, 0.25) is 0 Å². The Morgan fingerprint density at radius 2 is 0.725 bits per heavy atom. The van der Waals surface area contributed by atoms with Gasteiger partial charge in [-0.05, 0) is 64.2 Å². The van der Waals surface area contributed by atoms with Crippen molar-refractivity contribution >= 4 is 11.9 Å². The predicted octanol–water partition coefficient (Wildman–Crippen LogP) is 19.2. The molecule has 0 radical (unpaired) electrons. The molecular weight excluding hydrogens is 851 g/mol. The van der Waals surface area contributed by atoms with Crippen LogP contribution in [0.5, 0.6) is 0 Å². The maximum absolute atomic E-state index is 12.5. The first kappa shape index (κ1) is 67.1. The van der Waals surface area contributed by atoms with E-state index in [0.29, 0.717) is 19.4 Å². The van der Waals surface area contributed by atoms with E-state index in [1.807, 2.05) is 6.08 Å². The van der Waals surface area contributed by atoms with Crippen molar-refractivity contribution in [2.45, 2.75) is 341 Å². The number of hydrogen-bond donors (Lipinski definition) is 3. The number of nitrogens with one attached hydrogen (secondary N) is 1. The van der Waals surface area contributed by atoms with Gasteiger partial charge in [0.15, 0.2) is 0 Å². The fourth-order valence-corrected chi connectivity index (χ4v) is 9.43. The molecule has 2 unspecified atom stereocenters. The minimum absolute atomic E-state index is 0.00815. The highest BCUT2D eigenvalue weighted by atomic mass is 16.5. The van der Waals surface area contributed by atoms with Crippen molar-refractivity contribution in [3.05, 3.63) is 36.5 Å². The van der Waals surface area contributed by atoms with E-state index in [4.69, 9.17) is 4.74 Å². The molecule has 0 aromatic carbocycles. The Morgan fingerprint density at radius 1 is 0.406 bits per heavy atom. The molecule has 0 bridgehead atoms. The minimum atomic E-state index is -0.848. The number of carbonyl (C=O) groups is 2. The van der Waals surface area contributed by atoms with E-state index in [9.17, 15) is 19.8 Å². The quantitative estimate of drug-likeness (QED) is 0.0321. The van der Waals surface area contributed by atoms with Crippen molar-refractivity contribution in [1.29, 1.82) is 0 Å². The molecule has 0 saturated carbocycles. The number of ether oxygens (including phenoxy) is 1. The fraction of sp³-hybridized carbons (Fsp3) is 0.873. The first-order valence-corrected chi connectivity index (χ1v) is 30.8. The van der Waals surface area contributed by atoms with Crippen LogP contribution >= 0.6 is 0 Å². The summed E-state index contributed by atoms with van der Waals surface area (Å²) in [5.74, 6) is -0.0646. The normalized spacial score (nSPS) is 12.8. The van der Waals surface area contributed by atoms with Gasteiger partial charge in [-0.3, -0.25) is 9.59 Å². The smallest absolute Gasteiger partial charge is 0.305 e. The van der Waals surface area contributed by atoms with Crippen LogP contribution in [0, 0.1) is 0 Å². The largest absolute Gasteiger partial charge is 0.466 e. The number of rotatable bonds is 57. The van der Waals surface area contributed by atoms with Gasteiger partial charge in [0.05, 0.1) is 25.4 Å². The molecule has 0 saturated heterocycles. The van der Waals surface area contributed by atoms with E-state index < -0.39 is 12.1 Å². The third-order valence-electron chi connectivity index (χ3n) is 14.2. The van der Waals surface area contributed by atoms with Crippen molar-refractivity contribution in [2.24, 2.45) is 0 Å². The summed E-state index contributed by atoms with van der Waals surface area (Å²) in [6.07, 6.45) is 73.2. The number of aliphatic hydroxyl groups excluding tert-OH is 2. The van der Waals surface area contributed by atoms with E-state index in [2.05, 4.69) is 43.5 Å². The van der Waals surface area contributed by atoms with Gasteiger partial charge in [-0.2, -0.15) is 0 Å². The topological polar surface area (TPSA) is 95.9 Å². The van der Waals surface area contributed by atoms with Gasteiger partial charge >= 0.3 is 5.97 Å². The highest BCUT2D eigenvalue weighted by Crippen LogP contribution is 2.17. The third kappa shape index (κ3) is 55.2. The average molecular weight is 971 g/mol. The summed E-state index contributed by atoms with van der Waals surface area (Å²) in [6, 6.07) is -0.632. The summed E-state index contributed by atoms with van der Waals surface area (Å²) in [5, 5.41) is 23.1. The van der Waals surface area contributed by atoms with Crippen molar-refractivity contribution in [3.8, 4) is 0 Å². The van der Waals surface area contributed by atoms with Crippen LogP contribution in [0.3, 0.4) is 0 Å². The zero-order valence-electron chi connectivity index (χ0n) is 46.3. The summed E-state index contributed by atoms with van der Waals surface area (Å²) in [5.41, 5.74) is 0. The Balaban J connectivity index is 3.46. The van der Waals surface area contributed by atoms with E-state index in [1.54, 1.807) is 6.08 Å². The second kappa shape index (κ2) is 58.6. The van der Waals surface area contributed by atoms with E-state index in [0.717, 1.165) is 44.9 Å². The molecule has 0 aromatic heterocycles. The van der Waals surface area contributed by atoms with Gasteiger partial charge < -0.3 is 20.3 Å². The Hall–Kier alpha value is -1.92. The molecule has 0 aliphatic rings. The number of hydrogen-bond acceptors (Lipinski definition) is 5. The van der Waals surface area contributed by atoms with E-state index in [1.165, 1.54) is 257 Å². The minimum Gasteiger partial charge on any atom is -0.466 e. The van der Waals surface area contributed by atoms with Crippen molar-refractivity contribution in [1.82, 2.24) is 5.32 Å². The molecular formula is C63H119NO5. The van der Waals surface area contributed by atoms with Crippen LogP contribution in [-0.2, 0) is 14.3 Å². The van der Waals surface area contributed by atoms with E-state index >= 15 is 0 Å². The standard InChI is InChI=1S/C63H119NO5/c1-3-5-7-9-11-13-15-16-17-29-32-36-39-43-47-51-55-61(66)60(59-65)64-62(67)56-52-48-44-40-37-33-30-27-25-23-21-19-18-20-22-24-26-28-31-34-38-42-46-50-54-58-69-63(68)57-53-49-45-41-35-14-12-10-8-6-4-2/h19-22,51,55,60-61,65-66H,3-18,23-50,52-54,56-59H2,1-2H3,(H,64,67)/b21-19-,22-20-,55-51+. The summed E-state index contributed by atoms with van der Waals surface area (Å²) in [6.45, 7) is 4.91. The maximum Gasteiger partial charge on any atom is 0.305 e. The number of unbranched alkanes of at least 4 members (excludes halogenated alkanes) is 42. The summed E-state index contributed by atoms with van der Waals surface area (Å²) >= 11 is 0. The molecule has 3 N–H and O–H groups in total. The van der Waals surface area contributed by atoms with Gasteiger partial charge in [-0.25, -0.2) is 0 Å². The highest BCUT2D eigenvalue weighted by molar-refractivity contribution is 5.76. The first-order chi connectivity index (χ1) is 34.0. The predicted molar refractivity (Wildman–Crippen MR) is 301 cm³/mol.